The van der Waals surface area contributed by atoms with Crippen molar-refractivity contribution >= 4 is 17.0 Å². The lowest BCUT2D eigenvalue weighted by Crippen LogP contribution is -2.21. The van der Waals surface area contributed by atoms with Crippen LogP contribution in [0.5, 0.6) is 5.88 Å². The number of carbonyl (C=O) groups is 1. The zero-order valence-electron chi connectivity index (χ0n) is 11.2. The van der Waals surface area contributed by atoms with E-state index in [-0.39, 0.29) is 6.42 Å². The second-order valence-corrected chi connectivity index (χ2v) is 5.07. The number of carboxylic acids is 1. The molecular formula is C14H16N2O3. The Labute approximate surface area is 111 Å². The Hall–Kier alpha value is -2.17. The van der Waals surface area contributed by atoms with Gasteiger partial charge in [-0.05, 0) is 17.7 Å². The van der Waals surface area contributed by atoms with Crippen molar-refractivity contribution in [3.8, 4) is 5.88 Å². The van der Waals surface area contributed by atoms with Gasteiger partial charge < -0.3 is 9.84 Å². The normalized spacial score (nSPS) is 11.5. The van der Waals surface area contributed by atoms with Crippen molar-refractivity contribution in [2.24, 2.45) is 0 Å². The van der Waals surface area contributed by atoms with Crippen LogP contribution in [0.25, 0.3) is 11.0 Å². The molecule has 0 aliphatic carbocycles. The topological polar surface area (TPSA) is 72.3 Å². The molecule has 5 nitrogen and oxygen atoms in total. The number of nitrogens with zero attached hydrogens (tertiary/aromatic N) is 2. The Morgan fingerprint density at radius 1 is 1.37 bits per heavy atom. The highest BCUT2D eigenvalue weighted by atomic mass is 16.5. The van der Waals surface area contributed by atoms with Crippen LogP contribution in [-0.2, 0) is 10.2 Å². The fourth-order valence-electron chi connectivity index (χ4n) is 1.99. The SMILES string of the molecule is COc1cnc2cc(C(C)(C)CC(=O)O)ccc2n1. The van der Waals surface area contributed by atoms with Gasteiger partial charge in [-0.3, -0.25) is 4.79 Å². The third kappa shape index (κ3) is 2.81. The first-order chi connectivity index (χ1) is 8.92. The lowest BCUT2D eigenvalue weighted by atomic mass is 9.81. The molecule has 1 aromatic heterocycles. The monoisotopic (exact) mass is 260 g/mol. The summed E-state index contributed by atoms with van der Waals surface area (Å²) in [6.07, 6.45) is 1.62. The number of fused-ring (bicyclic) bond motifs is 1. The molecule has 0 atom stereocenters. The van der Waals surface area contributed by atoms with Gasteiger partial charge in [-0.15, -0.1) is 0 Å². The van der Waals surface area contributed by atoms with Crippen LogP contribution in [0, 0.1) is 0 Å². The fourth-order valence-corrected chi connectivity index (χ4v) is 1.99. The van der Waals surface area contributed by atoms with Crippen molar-refractivity contribution in [1.29, 1.82) is 0 Å². The van der Waals surface area contributed by atoms with E-state index in [2.05, 4.69) is 9.97 Å². The molecule has 0 fully saturated rings. The van der Waals surface area contributed by atoms with Crippen molar-refractivity contribution in [1.82, 2.24) is 9.97 Å². The quantitative estimate of drug-likeness (QED) is 0.913. The van der Waals surface area contributed by atoms with Gasteiger partial charge in [0.05, 0.1) is 30.8 Å². The third-order valence-electron chi connectivity index (χ3n) is 3.10. The molecule has 0 aliphatic rings. The maximum absolute atomic E-state index is 10.9. The molecule has 2 aromatic rings. The van der Waals surface area contributed by atoms with E-state index in [0.717, 1.165) is 16.6 Å². The fraction of sp³-hybridized carbons (Fsp3) is 0.357. The van der Waals surface area contributed by atoms with Crippen LogP contribution < -0.4 is 4.74 Å². The van der Waals surface area contributed by atoms with Crippen molar-refractivity contribution < 1.29 is 14.6 Å². The molecule has 2 rings (SSSR count). The van der Waals surface area contributed by atoms with Gasteiger partial charge in [-0.1, -0.05) is 19.9 Å². The van der Waals surface area contributed by atoms with Gasteiger partial charge in [-0.2, -0.15) is 0 Å². The summed E-state index contributed by atoms with van der Waals surface area (Å²) in [7, 11) is 1.54. The van der Waals surface area contributed by atoms with Crippen LogP contribution in [0.2, 0.25) is 0 Å². The van der Waals surface area contributed by atoms with Gasteiger partial charge in [0.2, 0.25) is 5.88 Å². The summed E-state index contributed by atoms with van der Waals surface area (Å²) < 4.78 is 5.02. The Balaban J connectivity index is 2.44. The van der Waals surface area contributed by atoms with Crippen LogP contribution in [-0.4, -0.2) is 28.2 Å². The first kappa shape index (κ1) is 13.3. The summed E-state index contributed by atoms with van der Waals surface area (Å²) in [4.78, 5) is 19.4. The summed E-state index contributed by atoms with van der Waals surface area (Å²) in [5.74, 6) is -0.351. The van der Waals surface area contributed by atoms with Crippen LogP contribution in [0.15, 0.2) is 24.4 Å². The molecular weight excluding hydrogens is 244 g/mol. The zero-order valence-corrected chi connectivity index (χ0v) is 11.2. The highest BCUT2D eigenvalue weighted by Gasteiger charge is 2.24. The van der Waals surface area contributed by atoms with Crippen molar-refractivity contribution in [2.75, 3.05) is 7.11 Å². The summed E-state index contributed by atoms with van der Waals surface area (Å²) in [6.45, 7) is 3.80. The largest absolute Gasteiger partial charge is 0.481 e. The van der Waals surface area contributed by atoms with E-state index in [4.69, 9.17) is 9.84 Å². The maximum Gasteiger partial charge on any atom is 0.304 e. The molecule has 0 radical (unpaired) electrons. The van der Waals surface area contributed by atoms with Gasteiger partial charge in [0.1, 0.15) is 0 Å². The molecule has 1 aromatic carbocycles. The number of aromatic nitrogens is 2. The minimum Gasteiger partial charge on any atom is -0.481 e. The first-order valence-electron chi connectivity index (χ1n) is 5.95. The summed E-state index contributed by atoms with van der Waals surface area (Å²) in [5, 5.41) is 8.95. The molecule has 0 amide bonds. The second-order valence-electron chi connectivity index (χ2n) is 5.07. The molecule has 19 heavy (non-hydrogen) atoms. The summed E-state index contributed by atoms with van der Waals surface area (Å²) >= 11 is 0. The van der Waals surface area contributed by atoms with Gasteiger partial charge in [0, 0.05) is 5.41 Å². The average molecular weight is 260 g/mol. The van der Waals surface area contributed by atoms with E-state index in [1.54, 1.807) is 13.3 Å². The number of rotatable bonds is 4. The van der Waals surface area contributed by atoms with Crippen LogP contribution in [0.1, 0.15) is 25.8 Å². The number of hydrogen-bond acceptors (Lipinski definition) is 4. The number of aliphatic carboxylic acids is 1. The predicted molar refractivity (Wildman–Crippen MR) is 71.4 cm³/mol. The Bertz CT molecular complexity index is 623. The van der Waals surface area contributed by atoms with Crippen molar-refractivity contribution in [3.63, 3.8) is 0 Å². The van der Waals surface area contributed by atoms with E-state index >= 15 is 0 Å². The molecule has 0 bridgehead atoms. The van der Waals surface area contributed by atoms with Crippen LogP contribution >= 0.6 is 0 Å². The van der Waals surface area contributed by atoms with Crippen LogP contribution in [0.4, 0.5) is 0 Å². The van der Waals surface area contributed by atoms with Crippen molar-refractivity contribution in [3.05, 3.63) is 30.0 Å². The number of carboxylic acid groups (broad SMARTS) is 1. The maximum atomic E-state index is 10.9. The second kappa shape index (κ2) is 4.84. The highest BCUT2D eigenvalue weighted by molar-refractivity contribution is 5.76. The van der Waals surface area contributed by atoms with E-state index in [1.807, 2.05) is 32.0 Å². The van der Waals surface area contributed by atoms with Crippen LogP contribution in [0.3, 0.4) is 0 Å². The van der Waals surface area contributed by atoms with Gasteiger partial charge in [0.15, 0.2) is 0 Å². The van der Waals surface area contributed by atoms with Gasteiger partial charge in [0.25, 0.3) is 0 Å². The molecule has 1 N–H and O–H groups in total. The molecule has 0 spiro atoms. The third-order valence-corrected chi connectivity index (χ3v) is 3.10. The van der Waals surface area contributed by atoms with Gasteiger partial charge >= 0.3 is 5.97 Å². The number of methoxy groups -OCH3 is 1. The average Bonchev–Trinajstić information content (AvgIpc) is 2.36. The van der Waals surface area contributed by atoms with E-state index in [1.165, 1.54) is 0 Å². The zero-order chi connectivity index (χ0) is 14.0. The Morgan fingerprint density at radius 3 is 2.74 bits per heavy atom. The molecule has 0 saturated heterocycles. The minimum atomic E-state index is -0.814. The summed E-state index contributed by atoms with van der Waals surface area (Å²) in [6, 6.07) is 5.61. The first-order valence-corrected chi connectivity index (χ1v) is 5.95. The summed E-state index contributed by atoms with van der Waals surface area (Å²) in [5.41, 5.74) is 1.95. The van der Waals surface area contributed by atoms with Gasteiger partial charge in [-0.25, -0.2) is 9.97 Å². The predicted octanol–water partition coefficient (Wildman–Crippen LogP) is 2.39. The molecule has 100 valence electrons. The van der Waals surface area contributed by atoms with E-state index < -0.39 is 11.4 Å². The highest BCUT2D eigenvalue weighted by Crippen LogP contribution is 2.29. The minimum absolute atomic E-state index is 0.0715. The number of ether oxygens (including phenoxy) is 1. The molecule has 5 heteroatoms. The molecule has 0 unspecified atom stereocenters. The molecule has 0 saturated carbocycles. The van der Waals surface area contributed by atoms with E-state index in [0.29, 0.717) is 5.88 Å². The van der Waals surface area contributed by atoms with E-state index in [9.17, 15) is 4.79 Å². The lowest BCUT2D eigenvalue weighted by molar-refractivity contribution is -0.138. The Kier molecular flexibility index (Phi) is 3.38. The lowest BCUT2D eigenvalue weighted by Gasteiger charge is -2.23. The smallest absolute Gasteiger partial charge is 0.304 e. The number of hydrogen-bond donors (Lipinski definition) is 1. The standard InChI is InChI=1S/C14H16N2O3/c1-14(2,7-13(17)18)9-4-5-10-11(6-9)15-8-12(16-10)19-3/h4-6,8H,7H2,1-3H3,(H,17,18). The number of benzene rings is 1. The Morgan fingerprint density at radius 2 is 2.11 bits per heavy atom. The molecule has 0 aliphatic heterocycles. The molecule has 1 heterocycles. The van der Waals surface area contributed by atoms with Crippen molar-refractivity contribution in [2.45, 2.75) is 25.7 Å².